The number of aromatic nitrogens is 1. The fourth-order valence-corrected chi connectivity index (χ4v) is 2.40. The number of hydrogen-bond acceptors (Lipinski definition) is 3. The van der Waals surface area contributed by atoms with Gasteiger partial charge in [-0.25, -0.2) is 4.90 Å². The first kappa shape index (κ1) is 11.1. The second kappa shape index (κ2) is 4.03. The largest absolute Gasteiger partial charge is 0.268 e. The third kappa shape index (κ3) is 1.48. The molecule has 18 heavy (non-hydrogen) atoms. The van der Waals surface area contributed by atoms with E-state index < -0.39 is 0 Å². The number of carbonyl (C=O) groups is 2. The van der Waals surface area contributed by atoms with E-state index in [0.717, 1.165) is 4.90 Å². The highest BCUT2D eigenvalue weighted by atomic mass is 79.9. The van der Waals surface area contributed by atoms with Gasteiger partial charge in [0.15, 0.2) is 0 Å². The van der Waals surface area contributed by atoms with Crippen molar-refractivity contribution in [3.8, 4) is 0 Å². The number of imide groups is 1. The number of rotatable bonds is 1. The van der Waals surface area contributed by atoms with Crippen molar-refractivity contribution < 1.29 is 9.59 Å². The highest BCUT2D eigenvalue weighted by Gasteiger charge is 2.37. The van der Waals surface area contributed by atoms with Crippen LogP contribution < -0.4 is 4.90 Å². The van der Waals surface area contributed by atoms with Crippen molar-refractivity contribution in [2.75, 3.05) is 4.90 Å². The number of amides is 2. The van der Waals surface area contributed by atoms with E-state index in [2.05, 4.69) is 20.9 Å². The molecule has 0 spiro atoms. The molecule has 3 rings (SSSR count). The van der Waals surface area contributed by atoms with Gasteiger partial charge in [-0.3, -0.25) is 14.6 Å². The molecule has 4 nitrogen and oxygen atoms in total. The summed E-state index contributed by atoms with van der Waals surface area (Å²) in [4.78, 5) is 29.5. The van der Waals surface area contributed by atoms with Crippen LogP contribution in [0.2, 0.25) is 0 Å². The summed E-state index contributed by atoms with van der Waals surface area (Å²) < 4.78 is 0.701. The average Bonchev–Trinajstić information content (AvgIpc) is 2.64. The van der Waals surface area contributed by atoms with Crippen LogP contribution in [0.5, 0.6) is 0 Å². The Bertz CT molecular complexity index is 635. The zero-order valence-electron chi connectivity index (χ0n) is 9.13. The van der Waals surface area contributed by atoms with Crippen molar-refractivity contribution in [1.82, 2.24) is 4.98 Å². The van der Waals surface area contributed by atoms with Crippen LogP contribution in [0.4, 0.5) is 5.69 Å². The Morgan fingerprint density at radius 2 is 1.72 bits per heavy atom. The number of pyridine rings is 1. The Morgan fingerprint density at radius 1 is 1.00 bits per heavy atom. The van der Waals surface area contributed by atoms with E-state index in [1.54, 1.807) is 24.3 Å². The van der Waals surface area contributed by atoms with Gasteiger partial charge in [-0.15, -0.1) is 0 Å². The first-order valence-corrected chi connectivity index (χ1v) is 6.07. The Kier molecular flexibility index (Phi) is 2.48. The molecule has 0 saturated heterocycles. The van der Waals surface area contributed by atoms with Crippen LogP contribution >= 0.6 is 15.9 Å². The van der Waals surface area contributed by atoms with E-state index >= 15 is 0 Å². The summed E-state index contributed by atoms with van der Waals surface area (Å²) in [7, 11) is 0. The van der Waals surface area contributed by atoms with E-state index in [0.29, 0.717) is 21.3 Å². The lowest BCUT2D eigenvalue weighted by atomic mass is 10.2. The summed E-state index contributed by atoms with van der Waals surface area (Å²) in [5.41, 5.74) is 1.28. The van der Waals surface area contributed by atoms with E-state index in [4.69, 9.17) is 0 Å². The van der Waals surface area contributed by atoms with E-state index in [9.17, 15) is 9.59 Å². The van der Waals surface area contributed by atoms with Crippen molar-refractivity contribution in [2.24, 2.45) is 0 Å². The smallest absolute Gasteiger partial charge is 0.267 e. The van der Waals surface area contributed by atoms with Gasteiger partial charge in [0.25, 0.3) is 11.8 Å². The van der Waals surface area contributed by atoms with Gasteiger partial charge in [0.1, 0.15) is 0 Å². The van der Waals surface area contributed by atoms with Gasteiger partial charge in [-0.05, 0) is 34.1 Å². The van der Waals surface area contributed by atoms with Crippen molar-refractivity contribution >= 4 is 33.4 Å². The zero-order valence-corrected chi connectivity index (χ0v) is 10.7. The van der Waals surface area contributed by atoms with Crippen LogP contribution in [-0.2, 0) is 0 Å². The van der Waals surface area contributed by atoms with Gasteiger partial charge >= 0.3 is 0 Å². The molecule has 88 valence electrons. The highest BCUT2D eigenvalue weighted by Crippen LogP contribution is 2.32. The fraction of sp³-hybridized carbons (Fsp3) is 0. The number of nitrogens with zero attached hydrogens (tertiary/aromatic N) is 2. The van der Waals surface area contributed by atoms with Crippen LogP contribution in [0.3, 0.4) is 0 Å². The Morgan fingerprint density at radius 3 is 2.44 bits per heavy atom. The SMILES string of the molecule is O=C1c2ccncc2C(=O)N1c1ccccc1Br. The number of hydrogen-bond donors (Lipinski definition) is 0. The highest BCUT2D eigenvalue weighted by molar-refractivity contribution is 9.10. The molecule has 0 atom stereocenters. The number of halogens is 1. The Labute approximate surface area is 111 Å². The molecule has 0 unspecified atom stereocenters. The lowest BCUT2D eigenvalue weighted by Crippen LogP contribution is -2.29. The minimum absolute atomic E-state index is 0.315. The van der Waals surface area contributed by atoms with Gasteiger partial charge < -0.3 is 0 Å². The van der Waals surface area contributed by atoms with Gasteiger partial charge in [0.2, 0.25) is 0 Å². The minimum atomic E-state index is -0.338. The predicted molar refractivity (Wildman–Crippen MR) is 69.5 cm³/mol. The summed E-state index contributed by atoms with van der Waals surface area (Å²) >= 11 is 3.34. The average molecular weight is 303 g/mol. The standard InChI is InChI=1S/C13H7BrN2O2/c14-10-3-1-2-4-11(10)16-12(17)8-5-6-15-7-9(8)13(16)18/h1-7H. The third-order valence-corrected chi connectivity index (χ3v) is 3.45. The maximum absolute atomic E-state index is 12.2. The molecule has 1 aliphatic heterocycles. The monoisotopic (exact) mass is 302 g/mol. The molecule has 2 heterocycles. The summed E-state index contributed by atoms with van der Waals surface area (Å²) in [6.45, 7) is 0. The molecule has 1 aromatic heterocycles. The van der Waals surface area contributed by atoms with Crippen LogP contribution in [-0.4, -0.2) is 16.8 Å². The van der Waals surface area contributed by atoms with E-state index in [1.165, 1.54) is 12.4 Å². The minimum Gasteiger partial charge on any atom is -0.268 e. The third-order valence-electron chi connectivity index (χ3n) is 2.78. The molecular formula is C13H7BrN2O2. The van der Waals surface area contributed by atoms with Crippen LogP contribution in [0, 0.1) is 0 Å². The van der Waals surface area contributed by atoms with Gasteiger partial charge in [-0.2, -0.15) is 0 Å². The molecule has 0 bridgehead atoms. The van der Waals surface area contributed by atoms with Gasteiger partial charge in [-0.1, -0.05) is 12.1 Å². The van der Waals surface area contributed by atoms with Crippen molar-refractivity contribution in [2.45, 2.75) is 0 Å². The number of benzene rings is 1. The zero-order chi connectivity index (χ0) is 12.7. The molecule has 0 saturated carbocycles. The second-order valence-corrected chi connectivity index (χ2v) is 4.67. The topological polar surface area (TPSA) is 50.3 Å². The predicted octanol–water partition coefficient (Wildman–Crippen LogP) is 2.64. The van der Waals surface area contributed by atoms with Crippen LogP contribution in [0.25, 0.3) is 0 Å². The van der Waals surface area contributed by atoms with Crippen molar-refractivity contribution in [3.05, 3.63) is 58.3 Å². The summed E-state index contributed by atoms with van der Waals surface area (Å²) in [6.07, 6.45) is 2.93. The molecule has 0 aliphatic carbocycles. The number of anilines is 1. The van der Waals surface area contributed by atoms with Crippen molar-refractivity contribution in [1.29, 1.82) is 0 Å². The maximum atomic E-state index is 12.2. The summed E-state index contributed by atoms with van der Waals surface area (Å²) in [5.74, 6) is -0.653. The fourth-order valence-electron chi connectivity index (χ4n) is 1.94. The van der Waals surface area contributed by atoms with E-state index in [-0.39, 0.29) is 11.8 Å². The Hall–Kier alpha value is -2.01. The van der Waals surface area contributed by atoms with Gasteiger partial charge in [0, 0.05) is 16.9 Å². The molecule has 2 aromatic rings. The molecule has 5 heteroatoms. The molecule has 1 aliphatic rings. The van der Waals surface area contributed by atoms with Crippen LogP contribution in [0.1, 0.15) is 20.7 Å². The molecule has 0 radical (unpaired) electrons. The first-order valence-electron chi connectivity index (χ1n) is 5.27. The van der Waals surface area contributed by atoms with Crippen LogP contribution in [0.15, 0.2) is 47.2 Å². The normalized spacial score (nSPS) is 13.9. The second-order valence-electron chi connectivity index (χ2n) is 3.82. The molecule has 0 fully saturated rings. The Balaban J connectivity index is 2.16. The van der Waals surface area contributed by atoms with E-state index in [1.807, 2.05) is 6.07 Å². The molecule has 1 aromatic carbocycles. The number of fused-ring (bicyclic) bond motifs is 1. The molecular weight excluding hydrogens is 296 g/mol. The first-order chi connectivity index (χ1) is 8.70. The number of para-hydroxylation sites is 1. The molecule has 0 N–H and O–H groups in total. The quantitative estimate of drug-likeness (QED) is 0.761. The van der Waals surface area contributed by atoms with Gasteiger partial charge in [0.05, 0.1) is 16.8 Å². The maximum Gasteiger partial charge on any atom is 0.267 e. The summed E-state index contributed by atoms with van der Waals surface area (Å²) in [6, 6.07) is 8.68. The summed E-state index contributed by atoms with van der Waals surface area (Å²) in [5, 5.41) is 0. The molecule has 2 amide bonds. The number of carbonyl (C=O) groups excluding carboxylic acids is 2. The lowest BCUT2D eigenvalue weighted by Gasteiger charge is -2.15. The van der Waals surface area contributed by atoms with Crippen molar-refractivity contribution in [3.63, 3.8) is 0 Å². The lowest BCUT2D eigenvalue weighted by molar-refractivity contribution is 0.0926.